The number of hydrogen-bond donors (Lipinski definition) is 2. The minimum Gasteiger partial charge on any atom is -0.631 e. The Morgan fingerprint density at radius 2 is 2.60 bits per heavy atom. The van der Waals surface area contributed by atoms with Gasteiger partial charge in [-0.1, -0.05) is 0 Å². The molecule has 0 saturated carbocycles. The Kier molecular flexibility index (Phi) is 4.75. The summed E-state index contributed by atoms with van der Waals surface area (Å²) in [7, 11) is 0. The summed E-state index contributed by atoms with van der Waals surface area (Å²) < 4.78 is 4.80. The first-order chi connectivity index (χ1) is 7.22. The van der Waals surface area contributed by atoms with E-state index in [1.165, 1.54) is 11.3 Å². The predicted octanol–water partition coefficient (Wildman–Crippen LogP) is -0.614. The van der Waals surface area contributed by atoms with Gasteiger partial charge in [-0.3, -0.25) is 0 Å². The summed E-state index contributed by atoms with van der Waals surface area (Å²) in [4.78, 5) is 14.9. The van der Waals surface area contributed by atoms with Crippen LogP contribution in [0.4, 0.5) is 5.13 Å². The highest BCUT2D eigenvalue weighted by Gasteiger charge is 2.01. The lowest BCUT2D eigenvalue weighted by molar-refractivity contribution is -0.514. The first-order valence-corrected chi connectivity index (χ1v) is 5.09. The van der Waals surface area contributed by atoms with E-state index in [-0.39, 0.29) is 6.61 Å². The Balaban J connectivity index is 2.21. The van der Waals surface area contributed by atoms with Crippen LogP contribution in [0.3, 0.4) is 0 Å². The number of carbonyl (C=O) groups is 1. The summed E-state index contributed by atoms with van der Waals surface area (Å²) in [6, 6.07) is 0. The molecule has 7 heteroatoms. The fourth-order valence-electron chi connectivity index (χ4n) is 0.860. The first kappa shape index (κ1) is 11.6. The van der Waals surface area contributed by atoms with Crippen LogP contribution >= 0.6 is 11.3 Å². The van der Waals surface area contributed by atoms with E-state index < -0.39 is 5.97 Å². The van der Waals surface area contributed by atoms with Crippen LogP contribution in [-0.4, -0.2) is 17.6 Å². The standard InChI is InChI=1S/C8H11N3O3S/c9-8-11-6(5-15-8)2-4-14-7(12)1-3-10-13/h1,3,5H,2,4,10H2,(H2,9,11). The van der Waals surface area contributed by atoms with Crippen LogP contribution < -0.4 is 11.2 Å². The number of hydrogen-bond acceptors (Lipinski definition) is 6. The molecule has 1 aromatic rings. The van der Waals surface area contributed by atoms with E-state index in [2.05, 4.69) is 4.98 Å². The van der Waals surface area contributed by atoms with Crippen LogP contribution in [0.15, 0.2) is 17.7 Å². The molecule has 0 unspecified atom stereocenters. The van der Waals surface area contributed by atoms with E-state index in [4.69, 9.17) is 10.5 Å². The van der Waals surface area contributed by atoms with Gasteiger partial charge >= 0.3 is 5.97 Å². The zero-order valence-electron chi connectivity index (χ0n) is 7.88. The van der Waals surface area contributed by atoms with E-state index in [0.29, 0.717) is 17.0 Å². The summed E-state index contributed by atoms with van der Waals surface area (Å²) >= 11 is 1.34. The molecule has 0 bridgehead atoms. The van der Waals surface area contributed by atoms with Gasteiger partial charge in [0.05, 0.1) is 24.6 Å². The third-order valence-electron chi connectivity index (χ3n) is 1.48. The van der Waals surface area contributed by atoms with Crippen molar-refractivity contribution in [3.63, 3.8) is 0 Å². The van der Waals surface area contributed by atoms with Gasteiger partial charge in [-0.15, -0.1) is 11.3 Å². The van der Waals surface area contributed by atoms with Crippen LogP contribution in [0.25, 0.3) is 0 Å². The molecule has 6 nitrogen and oxygen atoms in total. The highest BCUT2D eigenvalue weighted by Crippen LogP contribution is 2.11. The summed E-state index contributed by atoms with van der Waals surface area (Å²) in [6.07, 6.45) is 2.68. The normalized spacial score (nSPS) is 10.7. The third kappa shape index (κ3) is 4.54. The molecule has 0 aliphatic heterocycles. The number of rotatable bonds is 5. The number of anilines is 1. The second-order valence-electron chi connectivity index (χ2n) is 2.59. The second kappa shape index (κ2) is 6.12. The van der Waals surface area contributed by atoms with E-state index in [1.807, 2.05) is 5.38 Å². The molecule has 0 amide bonds. The monoisotopic (exact) mass is 229 g/mol. The Labute approximate surface area is 90.3 Å². The fraction of sp³-hybridized carbons (Fsp3) is 0.250. The lowest BCUT2D eigenvalue weighted by Crippen LogP contribution is -2.70. The zero-order valence-corrected chi connectivity index (χ0v) is 8.70. The van der Waals surface area contributed by atoms with Gasteiger partial charge in [-0.25, -0.2) is 9.78 Å². The van der Waals surface area contributed by atoms with Gasteiger partial charge in [0.1, 0.15) is 0 Å². The maximum Gasteiger partial charge on any atom is 0.336 e. The number of hydroxylamine groups is 1. The van der Waals surface area contributed by atoms with Crippen molar-refractivity contribution in [3.05, 3.63) is 28.6 Å². The van der Waals surface area contributed by atoms with Crippen LogP contribution in [0.1, 0.15) is 5.69 Å². The van der Waals surface area contributed by atoms with E-state index in [9.17, 15) is 10.0 Å². The molecule has 0 saturated heterocycles. The number of nitrogens with two attached hydrogens (primary N) is 2. The molecule has 0 radical (unpaired) electrons. The van der Waals surface area contributed by atoms with Crippen LogP contribution in [0.5, 0.6) is 0 Å². The second-order valence-corrected chi connectivity index (χ2v) is 3.48. The largest absolute Gasteiger partial charge is 0.631 e. The molecule has 1 heterocycles. The zero-order chi connectivity index (χ0) is 11.1. The van der Waals surface area contributed by atoms with Crippen molar-refractivity contribution in [2.45, 2.75) is 6.42 Å². The highest BCUT2D eigenvalue weighted by atomic mass is 32.1. The molecule has 1 rings (SSSR count). The van der Waals surface area contributed by atoms with Crippen LogP contribution in [0.2, 0.25) is 0 Å². The van der Waals surface area contributed by atoms with Crippen LogP contribution in [-0.2, 0) is 16.0 Å². The number of ether oxygens (including phenoxy) is 1. The van der Waals surface area contributed by atoms with Crippen molar-refractivity contribution < 1.29 is 15.0 Å². The predicted molar refractivity (Wildman–Crippen MR) is 55.6 cm³/mol. The van der Waals surface area contributed by atoms with Gasteiger partial charge in [0.15, 0.2) is 5.13 Å². The number of nitrogen functional groups attached to an aromatic ring is 1. The third-order valence-corrected chi connectivity index (χ3v) is 2.21. The molecule has 0 aliphatic carbocycles. The first-order valence-electron chi connectivity index (χ1n) is 4.21. The molecular formula is C8H11N3O3S. The lowest BCUT2D eigenvalue weighted by atomic mass is 10.4. The molecule has 0 aliphatic rings. The van der Waals surface area contributed by atoms with Gasteiger partial charge < -0.3 is 21.2 Å². The summed E-state index contributed by atoms with van der Waals surface area (Å²) in [6.45, 7) is 0.227. The lowest BCUT2D eigenvalue weighted by Gasteiger charge is -1.99. The molecule has 82 valence electrons. The summed E-state index contributed by atoms with van der Waals surface area (Å²) in [5, 5.41) is 12.2. The molecule has 0 atom stereocenters. The Morgan fingerprint density at radius 3 is 3.20 bits per heavy atom. The maximum atomic E-state index is 10.9. The van der Waals surface area contributed by atoms with E-state index in [0.717, 1.165) is 18.0 Å². The van der Waals surface area contributed by atoms with E-state index in [1.54, 1.807) is 0 Å². The summed E-state index contributed by atoms with van der Waals surface area (Å²) in [5.74, 6) is -0.537. The number of nitrogens with zero attached hydrogens (tertiary/aromatic N) is 1. The van der Waals surface area contributed by atoms with Gasteiger partial charge in [0, 0.05) is 11.8 Å². The summed E-state index contributed by atoms with van der Waals surface area (Å²) in [5.41, 5.74) is 6.74. The smallest absolute Gasteiger partial charge is 0.336 e. The van der Waals surface area contributed by atoms with Crippen molar-refractivity contribution in [2.24, 2.45) is 0 Å². The molecule has 0 spiro atoms. The minimum atomic E-state index is -0.537. The number of aromatic nitrogens is 1. The SMILES string of the molecule is Nc1nc(CCOC(=O)C=C[NH2+][O-])cs1. The Hall–Kier alpha value is -1.44. The van der Waals surface area contributed by atoms with Gasteiger partial charge in [0.2, 0.25) is 0 Å². The molecular weight excluding hydrogens is 218 g/mol. The average molecular weight is 229 g/mol. The number of esters is 1. The topological polar surface area (TPSA) is 105 Å². The molecule has 0 fully saturated rings. The number of quaternary nitrogens is 1. The van der Waals surface area contributed by atoms with Crippen molar-refractivity contribution >= 4 is 22.4 Å². The molecule has 1 aromatic heterocycles. The van der Waals surface area contributed by atoms with E-state index >= 15 is 0 Å². The molecule has 15 heavy (non-hydrogen) atoms. The van der Waals surface area contributed by atoms with Gasteiger partial charge in [-0.2, -0.15) is 0 Å². The highest BCUT2D eigenvalue weighted by molar-refractivity contribution is 7.13. The quantitative estimate of drug-likeness (QED) is 0.398. The van der Waals surface area contributed by atoms with Crippen LogP contribution in [0, 0.1) is 5.21 Å². The Bertz CT molecular complexity index is 351. The van der Waals surface area contributed by atoms with Crippen molar-refractivity contribution in [1.29, 1.82) is 0 Å². The van der Waals surface area contributed by atoms with Gasteiger partial charge in [-0.05, 0) is 0 Å². The van der Waals surface area contributed by atoms with Crippen molar-refractivity contribution in [3.8, 4) is 0 Å². The maximum absolute atomic E-state index is 10.9. The average Bonchev–Trinajstić information content (AvgIpc) is 2.61. The van der Waals surface area contributed by atoms with Gasteiger partial charge in [0.25, 0.3) is 0 Å². The minimum absolute atomic E-state index is 0.227. The molecule has 0 aromatic carbocycles. The number of carbonyl (C=O) groups excluding carboxylic acids is 1. The van der Waals surface area contributed by atoms with Crippen molar-refractivity contribution in [2.75, 3.05) is 12.3 Å². The fourth-order valence-corrected chi connectivity index (χ4v) is 1.46. The van der Waals surface area contributed by atoms with Crippen molar-refractivity contribution in [1.82, 2.24) is 4.98 Å². The molecule has 4 N–H and O–H groups in total. The Morgan fingerprint density at radius 1 is 1.80 bits per heavy atom. The number of thiazole rings is 1.